The van der Waals surface area contributed by atoms with Crippen molar-refractivity contribution < 1.29 is 4.39 Å². The van der Waals surface area contributed by atoms with Crippen LogP contribution in [0.2, 0.25) is 0 Å². The summed E-state index contributed by atoms with van der Waals surface area (Å²) in [6.07, 6.45) is 3.33. The molecule has 1 aromatic carbocycles. The van der Waals surface area contributed by atoms with Crippen molar-refractivity contribution in [1.82, 2.24) is 4.98 Å². The highest BCUT2D eigenvalue weighted by atomic mass is 79.9. The first-order chi connectivity index (χ1) is 5.77. The fourth-order valence-corrected chi connectivity index (χ4v) is 1.71. The predicted octanol–water partition coefficient (Wildman–Crippen LogP) is 3.14. The Labute approximate surface area is 77.4 Å². The van der Waals surface area contributed by atoms with Crippen LogP contribution in [-0.4, -0.2) is 4.98 Å². The fourth-order valence-electron chi connectivity index (χ4n) is 1.13. The molecule has 0 unspecified atom stereocenters. The summed E-state index contributed by atoms with van der Waals surface area (Å²) < 4.78 is 13.6. The average Bonchev–Trinajstić information content (AvgIpc) is 2.04. The summed E-state index contributed by atoms with van der Waals surface area (Å²) >= 11 is 3.28. The number of fused-ring (bicyclic) bond motifs is 1. The van der Waals surface area contributed by atoms with Crippen LogP contribution in [0.3, 0.4) is 0 Å². The van der Waals surface area contributed by atoms with Gasteiger partial charge in [0.25, 0.3) is 0 Å². The average molecular weight is 226 g/mol. The molecule has 2 aromatic rings. The smallest absolute Gasteiger partial charge is 0.125 e. The van der Waals surface area contributed by atoms with Crippen molar-refractivity contribution >= 4 is 26.7 Å². The third-order valence-corrected chi connectivity index (χ3v) is 2.32. The zero-order valence-corrected chi connectivity index (χ0v) is 7.68. The molecule has 60 valence electrons. The van der Waals surface area contributed by atoms with Gasteiger partial charge < -0.3 is 0 Å². The number of nitrogens with zero attached hydrogens (tertiary/aromatic N) is 1. The van der Waals surface area contributed by atoms with E-state index in [1.54, 1.807) is 12.4 Å². The molecule has 0 aliphatic heterocycles. The van der Waals surface area contributed by atoms with Gasteiger partial charge in [-0.2, -0.15) is 0 Å². The molecule has 0 aliphatic carbocycles. The van der Waals surface area contributed by atoms with Gasteiger partial charge in [-0.25, -0.2) is 4.39 Å². The highest BCUT2D eigenvalue weighted by Gasteiger charge is 2.00. The molecular weight excluding hydrogens is 221 g/mol. The van der Waals surface area contributed by atoms with Crippen LogP contribution in [0.5, 0.6) is 0 Å². The number of hydrogen-bond acceptors (Lipinski definition) is 1. The molecule has 0 spiro atoms. The van der Waals surface area contributed by atoms with Crippen molar-refractivity contribution in [2.24, 2.45) is 0 Å². The van der Waals surface area contributed by atoms with Gasteiger partial charge in [0.05, 0.1) is 0 Å². The van der Waals surface area contributed by atoms with E-state index < -0.39 is 0 Å². The number of aromatic nitrogens is 1. The summed E-state index contributed by atoms with van der Waals surface area (Å²) in [7, 11) is 0. The van der Waals surface area contributed by atoms with Gasteiger partial charge in [-0.15, -0.1) is 0 Å². The predicted molar refractivity (Wildman–Crippen MR) is 49.4 cm³/mol. The Morgan fingerprint density at radius 3 is 3.00 bits per heavy atom. The summed E-state index contributed by atoms with van der Waals surface area (Å²) in [5.74, 6) is -0.248. The first-order valence-electron chi connectivity index (χ1n) is 3.46. The van der Waals surface area contributed by atoms with Gasteiger partial charge in [-0.3, -0.25) is 4.98 Å². The maximum atomic E-state index is 12.8. The lowest BCUT2D eigenvalue weighted by atomic mass is 10.2. The van der Waals surface area contributed by atoms with Gasteiger partial charge in [0.15, 0.2) is 0 Å². The number of hydrogen-bond donors (Lipinski definition) is 0. The minimum atomic E-state index is -0.248. The van der Waals surface area contributed by atoms with E-state index in [1.165, 1.54) is 12.1 Å². The molecular formula is C9H5BrFN. The molecule has 0 radical (unpaired) electrons. The Kier molecular flexibility index (Phi) is 1.81. The molecule has 1 nitrogen and oxygen atoms in total. The van der Waals surface area contributed by atoms with Crippen molar-refractivity contribution in [2.75, 3.05) is 0 Å². The summed E-state index contributed by atoms with van der Waals surface area (Å²) in [5.41, 5.74) is 0. The maximum Gasteiger partial charge on any atom is 0.125 e. The Morgan fingerprint density at radius 1 is 1.33 bits per heavy atom. The lowest BCUT2D eigenvalue weighted by Crippen LogP contribution is -1.79. The van der Waals surface area contributed by atoms with Gasteiger partial charge in [-0.1, -0.05) is 15.9 Å². The minimum Gasteiger partial charge on any atom is -0.264 e. The number of pyridine rings is 1. The highest BCUT2D eigenvalue weighted by Crippen LogP contribution is 2.23. The molecule has 0 saturated carbocycles. The zero-order chi connectivity index (χ0) is 8.55. The molecule has 0 bridgehead atoms. The summed E-state index contributed by atoms with van der Waals surface area (Å²) in [6.45, 7) is 0. The molecule has 0 atom stereocenters. The summed E-state index contributed by atoms with van der Waals surface area (Å²) in [5, 5.41) is 1.79. The van der Waals surface area contributed by atoms with E-state index in [0.717, 1.165) is 15.2 Å². The van der Waals surface area contributed by atoms with Crippen molar-refractivity contribution in [3.05, 3.63) is 40.9 Å². The van der Waals surface area contributed by atoms with Gasteiger partial charge in [0, 0.05) is 22.3 Å². The molecule has 0 N–H and O–H groups in total. The van der Waals surface area contributed by atoms with E-state index in [2.05, 4.69) is 20.9 Å². The maximum absolute atomic E-state index is 12.8. The number of halogens is 2. The van der Waals surface area contributed by atoms with Crippen LogP contribution in [-0.2, 0) is 0 Å². The number of benzene rings is 1. The van der Waals surface area contributed by atoms with E-state index in [0.29, 0.717) is 0 Å². The van der Waals surface area contributed by atoms with E-state index in [-0.39, 0.29) is 5.82 Å². The summed E-state index contributed by atoms with van der Waals surface area (Å²) in [4.78, 5) is 3.91. The van der Waals surface area contributed by atoms with Gasteiger partial charge in [0.2, 0.25) is 0 Å². The minimum absolute atomic E-state index is 0.248. The zero-order valence-electron chi connectivity index (χ0n) is 6.09. The SMILES string of the molecule is Fc1cc(Br)c2ccncc2c1. The van der Waals surface area contributed by atoms with Gasteiger partial charge in [-0.05, 0) is 23.6 Å². The molecule has 2 rings (SSSR count). The Balaban J connectivity index is 2.89. The molecule has 12 heavy (non-hydrogen) atoms. The van der Waals surface area contributed by atoms with Crippen molar-refractivity contribution in [2.45, 2.75) is 0 Å². The van der Waals surface area contributed by atoms with Crippen LogP contribution in [0.15, 0.2) is 35.1 Å². The lowest BCUT2D eigenvalue weighted by Gasteiger charge is -1.98. The van der Waals surface area contributed by atoms with Crippen LogP contribution >= 0.6 is 15.9 Å². The third kappa shape index (κ3) is 1.20. The quantitative estimate of drug-likeness (QED) is 0.672. The lowest BCUT2D eigenvalue weighted by molar-refractivity contribution is 0.629. The largest absolute Gasteiger partial charge is 0.264 e. The molecule has 0 aliphatic rings. The second kappa shape index (κ2) is 2.83. The van der Waals surface area contributed by atoms with Crippen LogP contribution in [0.4, 0.5) is 4.39 Å². The topological polar surface area (TPSA) is 12.9 Å². The highest BCUT2D eigenvalue weighted by molar-refractivity contribution is 9.10. The van der Waals surface area contributed by atoms with Crippen LogP contribution in [0, 0.1) is 5.82 Å². The molecule has 0 fully saturated rings. The molecule has 1 heterocycles. The van der Waals surface area contributed by atoms with Crippen molar-refractivity contribution in [3.8, 4) is 0 Å². The van der Waals surface area contributed by atoms with Crippen LogP contribution in [0.25, 0.3) is 10.8 Å². The third-order valence-electron chi connectivity index (χ3n) is 1.67. The molecule has 1 aromatic heterocycles. The fraction of sp³-hybridized carbons (Fsp3) is 0. The van der Waals surface area contributed by atoms with E-state index >= 15 is 0 Å². The first-order valence-corrected chi connectivity index (χ1v) is 4.25. The normalized spacial score (nSPS) is 10.5. The second-order valence-corrected chi connectivity index (χ2v) is 3.34. The standard InChI is InChI=1S/C9H5BrFN/c10-9-4-7(11)3-6-5-12-2-1-8(6)9/h1-5H. The van der Waals surface area contributed by atoms with Crippen LogP contribution < -0.4 is 0 Å². The molecule has 0 amide bonds. The van der Waals surface area contributed by atoms with Crippen LogP contribution in [0.1, 0.15) is 0 Å². The second-order valence-electron chi connectivity index (χ2n) is 2.48. The monoisotopic (exact) mass is 225 g/mol. The Morgan fingerprint density at radius 2 is 2.17 bits per heavy atom. The molecule has 3 heteroatoms. The number of rotatable bonds is 0. The summed E-state index contributed by atoms with van der Waals surface area (Å²) in [6, 6.07) is 4.76. The van der Waals surface area contributed by atoms with E-state index in [4.69, 9.17) is 0 Å². The van der Waals surface area contributed by atoms with Gasteiger partial charge >= 0.3 is 0 Å². The Bertz CT molecular complexity index is 428. The Hall–Kier alpha value is -0.960. The first kappa shape index (κ1) is 7.68. The van der Waals surface area contributed by atoms with E-state index in [1.807, 2.05) is 6.07 Å². The van der Waals surface area contributed by atoms with E-state index in [9.17, 15) is 4.39 Å². The van der Waals surface area contributed by atoms with Gasteiger partial charge in [0.1, 0.15) is 5.82 Å². The molecule has 0 saturated heterocycles. The van der Waals surface area contributed by atoms with Crippen molar-refractivity contribution in [3.63, 3.8) is 0 Å². The van der Waals surface area contributed by atoms with Crippen molar-refractivity contribution in [1.29, 1.82) is 0 Å².